The second kappa shape index (κ2) is 2.44. The molecular formula is C5H10NO2. The molecule has 1 aliphatic rings. The van der Waals surface area contributed by atoms with Crippen molar-refractivity contribution in [2.45, 2.75) is 0 Å². The fourth-order valence-electron chi connectivity index (χ4n) is 0.558. The zero-order valence-corrected chi connectivity index (χ0v) is 5.18. The maximum Gasteiger partial charge on any atom is 0.303 e. The smallest absolute Gasteiger partial charge is 0.303 e. The van der Waals surface area contributed by atoms with E-state index in [1.807, 2.05) is 19.0 Å². The van der Waals surface area contributed by atoms with Gasteiger partial charge >= 0.3 is 6.41 Å². The lowest BCUT2D eigenvalue weighted by atomic mass is 10.8. The molecule has 0 amide bonds. The highest BCUT2D eigenvalue weighted by Crippen LogP contribution is 2.12. The van der Waals surface area contributed by atoms with Crippen LogP contribution < -0.4 is 0 Å². The van der Waals surface area contributed by atoms with Crippen molar-refractivity contribution in [3.8, 4) is 0 Å². The van der Waals surface area contributed by atoms with Gasteiger partial charge in [-0.3, -0.25) is 4.90 Å². The molecule has 1 rings (SSSR count). The molecule has 0 saturated carbocycles. The first-order valence-electron chi connectivity index (χ1n) is 2.60. The summed E-state index contributed by atoms with van der Waals surface area (Å²) >= 11 is 0. The monoisotopic (exact) mass is 116 g/mol. The quantitative estimate of drug-likeness (QED) is 0.483. The van der Waals surface area contributed by atoms with Crippen LogP contribution in [0.15, 0.2) is 0 Å². The molecule has 1 saturated heterocycles. The average molecular weight is 116 g/mol. The summed E-state index contributed by atoms with van der Waals surface area (Å²) in [5, 5.41) is 0. The van der Waals surface area contributed by atoms with Crippen molar-refractivity contribution in [1.29, 1.82) is 0 Å². The lowest BCUT2D eigenvalue weighted by Crippen LogP contribution is -2.19. The topological polar surface area (TPSA) is 21.7 Å². The van der Waals surface area contributed by atoms with Crippen LogP contribution >= 0.6 is 0 Å². The summed E-state index contributed by atoms with van der Waals surface area (Å²) in [7, 11) is 3.78. The Labute approximate surface area is 49.2 Å². The second-order valence-electron chi connectivity index (χ2n) is 1.86. The number of ether oxygens (including phenoxy) is 2. The molecule has 3 nitrogen and oxygen atoms in total. The van der Waals surface area contributed by atoms with E-state index in [-0.39, 0.29) is 0 Å². The molecule has 1 heterocycles. The molecule has 1 radical (unpaired) electrons. The fourth-order valence-corrected chi connectivity index (χ4v) is 0.558. The first-order valence-corrected chi connectivity index (χ1v) is 2.60. The molecule has 1 aliphatic heterocycles. The van der Waals surface area contributed by atoms with Crippen LogP contribution in [0.1, 0.15) is 0 Å². The Bertz CT molecular complexity index is 68.8. The molecule has 0 bridgehead atoms. The Hall–Kier alpha value is -0.120. The van der Waals surface area contributed by atoms with Crippen molar-refractivity contribution < 1.29 is 9.47 Å². The Morgan fingerprint density at radius 3 is 2.00 bits per heavy atom. The van der Waals surface area contributed by atoms with E-state index < -0.39 is 0 Å². The van der Waals surface area contributed by atoms with Crippen molar-refractivity contribution in [2.24, 2.45) is 0 Å². The van der Waals surface area contributed by atoms with Gasteiger partial charge in [0.25, 0.3) is 0 Å². The van der Waals surface area contributed by atoms with Gasteiger partial charge in [0.2, 0.25) is 0 Å². The van der Waals surface area contributed by atoms with Gasteiger partial charge in [-0.15, -0.1) is 0 Å². The second-order valence-corrected chi connectivity index (χ2v) is 1.86. The van der Waals surface area contributed by atoms with Crippen LogP contribution in [-0.2, 0) is 9.47 Å². The zero-order valence-electron chi connectivity index (χ0n) is 5.18. The lowest BCUT2D eigenvalue weighted by Gasteiger charge is -2.12. The van der Waals surface area contributed by atoms with Crippen LogP contribution in [0.5, 0.6) is 0 Å². The molecule has 0 aromatic heterocycles. The van der Waals surface area contributed by atoms with Gasteiger partial charge in [-0.2, -0.15) is 0 Å². The summed E-state index contributed by atoms with van der Waals surface area (Å²) in [4.78, 5) is 1.81. The highest BCUT2D eigenvalue weighted by Gasteiger charge is 2.19. The number of rotatable bonds is 1. The van der Waals surface area contributed by atoms with Crippen LogP contribution in [0.3, 0.4) is 0 Å². The number of hydrogen-bond acceptors (Lipinski definition) is 3. The van der Waals surface area contributed by atoms with Gasteiger partial charge in [0, 0.05) is 0 Å². The molecule has 0 unspecified atom stereocenters. The van der Waals surface area contributed by atoms with Crippen LogP contribution in [0, 0.1) is 6.41 Å². The van der Waals surface area contributed by atoms with Crippen LogP contribution in [0.4, 0.5) is 0 Å². The largest absolute Gasteiger partial charge is 0.329 e. The Kier molecular flexibility index (Phi) is 1.83. The van der Waals surface area contributed by atoms with Crippen LogP contribution in [0.2, 0.25) is 0 Å². The Morgan fingerprint density at radius 1 is 1.25 bits per heavy atom. The van der Waals surface area contributed by atoms with Crippen LogP contribution in [-0.4, -0.2) is 32.2 Å². The molecular weight excluding hydrogens is 106 g/mol. The molecule has 0 atom stereocenters. The van der Waals surface area contributed by atoms with E-state index in [9.17, 15) is 0 Å². The molecule has 0 spiro atoms. The van der Waals surface area contributed by atoms with E-state index in [0.29, 0.717) is 19.6 Å². The molecule has 0 aromatic rings. The van der Waals surface area contributed by atoms with Crippen molar-refractivity contribution >= 4 is 0 Å². The Balaban J connectivity index is 2.24. The summed E-state index contributed by atoms with van der Waals surface area (Å²) in [6, 6.07) is 0. The van der Waals surface area contributed by atoms with Gasteiger partial charge in [-0.25, -0.2) is 0 Å². The summed E-state index contributed by atoms with van der Waals surface area (Å²) in [5.41, 5.74) is 0. The third-order valence-electron chi connectivity index (χ3n) is 0.900. The van der Waals surface area contributed by atoms with E-state index >= 15 is 0 Å². The van der Waals surface area contributed by atoms with Gasteiger partial charge in [-0.05, 0) is 14.1 Å². The van der Waals surface area contributed by atoms with Crippen molar-refractivity contribution in [3.05, 3.63) is 6.41 Å². The van der Waals surface area contributed by atoms with Gasteiger partial charge in [0.05, 0.1) is 13.2 Å². The molecule has 0 aromatic carbocycles. The standard InChI is InChI=1S/C5H10NO2/c1-6(2)5-7-3-4-8-5/h3-4H2,1-2H3. The highest BCUT2D eigenvalue weighted by atomic mass is 16.7. The van der Waals surface area contributed by atoms with Gasteiger partial charge in [-0.1, -0.05) is 0 Å². The Morgan fingerprint density at radius 2 is 1.75 bits per heavy atom. The predicted molar refractivity (Wildman–Crippen MR) is 28.8 cm³/mol. The summed E-state index contributed by atoms with van der Waals surface area (Å²) in [6.45, 7) is 1.38. The fraction of sp³-hybridized carbons (Fsp3) is 0.800. The molecule has 1 fully saturated rings. The number of hydrogen-bond donors (Lipinski definition) is 0. The van der Waals surface area contributed by atoms with Crippen molar-refractivity contribution in [1.82, 2.24) is 4.90 Å². The SMILES string of the molecule is CN(C)[C]1OCCO1. The van der Waals surface area contributed by atoms with E-state index in [1.54, 1.807) is 0 Å². The van der Waals surface area contributed by atoms with Crippen molar-refractivity contribution in [3.63, 3.8) is 0 Å². The third kappa shape index (κ3) is 1.18. The minimum Gasteiger partial charge on any atom is -0.329 e. The zero-order chi connectivity index (χ0) is 5.98. The summed E-state index contributed by atoms with van der Waals surface area (Å²) in [5.74, 6) is 0. The van der Waals surface area contributed by atoms with Gasteiger partial charge in [0.1, 0.15) is 0 Å². The van der Waals surface area contributed by atoms with Gasteiger partial charge < -0.3 is 9.47 Å². The normalized spacial score (nSPS) is 22.9. The molecule has 8 heavy (non-hydrogen) atoms. The maximum atomic E-state index is 5.03. The summed E-state index contributed by atoms with van der Waals surface area (Å²) in [6.07, 6.45) is 0.630. The van der Waals surface area contributed by atoms with Crippen molar-refractivity contribution in [2.75, 3.05) is 27.3 Å². The maximum absolute atomic E-state index is 5.03. The first kappa shape index (κ1) is 6.01. The highest BCUT2D eigenvalue weighted by molar-refractivity contribution is 4.64. The van der Waals surface area contributed by atoms with E-state index in [2.05, 4.69) is 0 Å². The number of nitrogens with zero attached hydrogens (tertiary/aromatic N) is 1. The van der Waals surface area contributed by atoms with Gasteiger partial charge in [0.15, 0.2) is 0 Å². The first-order chi connectivity index (χ1) is 3.80. The molecule has 0 N–H and O–H groups in total. The molecule has 3 heteroatoms. The lowest BCUT2D eigenvalue weighted by molar-refractivity contribution is -0.0184. The van der Waals surface area contributed by atoms with E-state index in [4.69, 9.17) is 9.47 Å². The van der Waals surface area contributed by atoms with E-state index in [0.717, 1.165) is 0 Å². The average Bonchev–Trinajstić information content (AvgIpc) is 2.12. The minimum atomic E-state index is 0.630. The van der Waals surface area contributed by atoms with E-state index in [1.165, 1.54) is 0 Å². The third-order valence-corrected chi connectivity index (χ3v) is 0.900. The summed E-state index contributed by atoms with van der Waals surface area (Å²) < 4.78 is 10.1. The predicted octanol–water partition coefficient (Wildman–Crippen LogP) is 0.0418. The van der Waals surface area contributed by atoms with Crippen LogP contribution in [0.25, 0.3) is 0 Å². The molecule has 0 aliphatic carbocycles. The molecule has 47 valence electrons. The minimum absolute atomic E-state index is 0.630.